The molecule has 0 aromatic heterocycles. The molecule has 0 unspecified atom stereocenters. The number of aryl methyl sites for hydroxylation is 1. The number of para-hydroxylation sites is 1. The molecular weight excluding hydrogens is 884 g/mol. The van der Waals surface area contributed by atoms with Gasteiger partial charge in [0, 0.05) is 37.3 Å². The number of benzene rings is 7. The molecule has 0 bridgehead atoms. The molecule has 7 aromatic rings. The zero-order valence-electron chi connectivity index (χ0n) is 40.9. The number of phenolic OH excluding ortho intramolecular Hbond substituents is 1. The second-order valence-corrected chi connectivity index (χ2v) is 20.7. The third-order valence-corrected chi connectivity index (χ3v) is 16.4. The topological polar surface area (TPSA) is 26.7 Å². The maximum atomic E-state index is 12.4. The third-order valence-electron chi connectivity index (χ3n) is 14.2. The normalized spacial score (nSPS) is 11.6. The van der Waals surface area contributed by atoms with Crippen LogP contribution in [0, 0.1) is 76.2 Å². The Kier molecular flexibility index (Phi) is 13.8. The highest BCUT2D eigenvalue weighted by Crippen LogP contribution is 2.53. The van der Waals surface area contributed by atoms with Gasteiger partial charge < -0.3 is 14.9 Å². The molecule has 0 atom stereocenters. The summed E-state index contributed by atoms with van der Waals surface area (Å²) in [4.78, 5) is 7.02. The first-order valence-electron chi connectivity index (χ1n) is 22.5. The number of thiol groups is 3. The largest absolute Gasteiger partial charge is 0.505 e. The summed E-state index contributed by atoms with van der Waals surface area (Å²) >= 11 is 22.9. The van der Waals surface area contributed by atoms with Gasteiger partial charge in [-0.05, 0) is 219 Å². The van der Waals surface area contributed by atoms with E-state index in [0.29, 0.717) is 15.6 Å². The van der Waals surface area contributed by atoms with Crippen molar-refractivity contribution in [3.63, 3.8) is 0 Å². The van der Waals surface area contributed by atoms with E-state index in [2.05, 4.69) is 184 Å². The van der Waals surface area contributed by atoms with E-state index in [1.807, 2.05) is 19.9 Å². The van der Waals surface area contributed by atoms with Crippen LogP contribution >= 0.6 is 49.5 Å². The van der Waals surface area contributed by atoms with Gasteiger partial charge in [-0.15, -0.1) is 37.9 Å². The van der Waals surface area contributed by atoms with Crippen LogP contribution in [0.4, 0.5) is 34.1 Å². The Bertz CT molecular complexity index is 3050. The quantitative estimate of drug-likeness (QED) is 0.109. The zero-order valence-corrected chi connectivity index (χ0v) is 44.4. The SMILES string of the molecule is C=Cc1c(C)c(-c2ccccc2N(c2cccc(N(c3ccc(C(C)(C)C)cc3)c3cc(-c4c(C)c(C)c(C)c(C)c4S)cc(C)c3Cl)c2)c2c(O)c(C)c(C)c(C)c2S)c(C)c(C)c1S. The van der Waals surface area contributed by atoms with E-state index in [1.54, 1.807) is 0 Å². The Labute approximate surface area is 415 Å². The lowest BCUT2D eigenvalue weighted by molar-refractivity contribution is 0.470. The molecule has 0 aliphatic heterocycles. The molecule has 7 heteroatoms. The van der Waals surface area contributed by atoms with Gasteiger partial charge in [-0.25, -0.2) is 0 Å². The Morgan fingerprint density at radius 1 is 0.530 bits per heavy atom. The second kappa shape index (κ2) is 18.6. The maximum absolute atomic E-state index is 12.4. The molecule has 0 aliphatic carbocycles. The van der Waals surface area contributed by atoms with E-state index in [-0.39, 0.29) is 11.2 Å². The minimum Gasteiger partial charge on any atom is -0.505 e. The van der Waals surface area contributed by atoms with Crippen molar-refractivity contribution in [3.05, 3.63) is 169 Å². The first-order chi connectivity index (χ1) is 31.0. The third kappa shape index (κ3) is 8.38. The first-order valence-corrected chi connectivity index (χ1v) is 24.2. The Hall–Kier alpha value is -4.98. The molecule has 0 saturated heterocycles. The summed E-state index contributed by atoms with van der Waals surface area (Å²) < 4.78 is 0. The number of nitrogens with zero attached hydrogens (tertiary/aromatic N) is 2. The van der Waals surface area contributed by atoms with E-state index in [9.17, 15) is 5.11 Å². The van der Waals surface area contributed by atoms with Crippen molar-refractivity contribution in [2.24, 2.45) is 0 Å². The Morgan fingerprint density at radius 3 is 1.70 bits per heavy atom. The number of phenols is 1. The van der Waals surface area contributed by atoms with Crippen molar-refractivity contribution in [1.82, 2.24) is 0 Å². The van der Waals surface area contributed by atoms with Gasteiger partial charge in [0.2, 0.25) is 0 Å². The molecule has 340 valence electrons. The van der Waals surface area contributed by atoms with Crippen molar-refractivity contribution in [2.75, 3.05) is 9.80 Å². The molecule has 0 amide bonds. The van der Waals surface area contributed by atoms with Crippen molar-refractivity contribution < 1.29 is 5.11 Å². The van der Waals surface area contributed by atoms with Crippen LogP contribution in [0.25, 0.3) is 28.3 Å². The van der Waals surface area contributed by atoms with Gasteiger partial charge in [0.15, 0.2) is 0 Å². The van der Waals surface area contributed by atoms with Crippen LogP contribution in [0.15, 0.2) is 106 Å². The van der Waals surface area contributed by atoms with Gasteiger partial charge in [0.1, 0.15) is 11.4 Å². The zero-order chi connectivity index (χ0) is 48.4. The minimum absolute atomic E-state index is 0.0429. The predicted molar refractivity (Wildman–Crippen MR) is 296 cm³/mol. The molecule has 0 fully saturated rings. The number of rotatable bonds is 9. The molecule has 1 N–H and O–H groups in total. The lowest BCUT2D eigenvalue weighted by atomic mass is 9.87. The van der Waals surface area contributed by atoms with Crippen LogP contribution < -0.4 is 9.80 Å². The number of hydrogen-bond acceptors (Lipinski definition) is 6. The van der Waals surface area contributed by atoms with E-state index in [0.717, 1.165) is 105 Å². The van der Waals surface area contributed by atoms with Crippen molar-refractivity contribution in [2.45, 2.75) is 117 Å². The summed E-state index contributed by atoms with van der Waals surface area (Å²) in [5, 5.41) is 13.0. The average molecular weight is 948 g/mol. The molecule has 0 heterocycles. The summed E-state index contributed by atoms with van der Waals surface area (Å²) in [6, 6.07) is 30.1. The average Bonchev–Trinajstić information content (AvgIpc) is 3.29. The predicted octanol–water partition coefficient (Wildman–Crippen LogP) is 18.5. The highest BCUT2D eigenvalue weighted by atomic mass is 35.5. The second-order valence-electron chi connectivity index (χ2n) is 19.0. The molecule has 0 saturated carbocycles. The van der Waals surface area contributed by atoms with Crippen LogP contribution in [-0.4, -0.2) is 5.11 Å². The number of hydrogen-bond donors (Lipinski definition) is 4. The van der Waals surface area contributed by atoms with Gasteiger partial charge in [0.05, 0.1) is 16.4 Å². The fourth-order valence-electron chi connectivity index (χ4n) is 9.41. The molecular formula is C59H63ClN2OS3. The number of anilines is 6. The highest BCUT2D eigenvalue weighted by molar-refractivity contribution is 7.80. The van der Waals surface area contributed by atoms with Crippen molar-refractivity contribution in [1.29, 1.82) is 0 Å². The van der Waals surface area contributed by atoms with Crippen LogP contribution in [0.5, 0.6) is 5.75 Å². The summed E-state index contributed by atoms with van der Waals surface area (Å²) in [6.45, 7) is 34.2. The van der Waals surface area contributed by atoms with Crippen LogP contribution in [-0.2, 0) is 5.41 Å². The highest BCUT2D eigenvalue weighted by Gasteiger charge is 2.29. The molecule has 7 rings (SSSR count). The molecule has 7 aromatic carbocycles. The van der Waals surface area contributed by atoms with Gasteiger partial charge in [-0.2, -0.15) is 0 Å². The van der Waals surface area contributed by atoms with Crippen LogP contribution in [0.3, 0.4) is 0 Å². The van der Waals surface area contributed by atoms with E-state index in [4.69, 9.17) is 49.5 Å². The Balaban J connectivity index is 1.58. The standard InChI is InChI=1S/C59H63ClN2OS3/c1-16-47-41(12)51(36(7)40(11)56(47)64)48-22-17-18-23-49(48)62(54-55(63)37(8)34(5)39(10)58(54)66)46-21-19-20-45(30-46)61(44-26-24-43(25-27-44)59(13,14)15)50-29-42(28-31(2)53(50)60)52-35(6)32(3)33(4)38(9)57(52)65/h16-30,63-66H,1H2,2-15H3. The van der Waals surface area contributed by atoms with Crippen LogP contribution in [0.1, 0.15) is 93.1 Å². The molecule has 0 radical (unpaired) electrons. The summed E-state index contributed by atoms with van der Waals surface area (Å²) in [5.74, 6) is 0.174. The summed E-state index contributed by atoms with van der Waals surface area (Å²) in [5.41, 5.74) is 23.4. The first kappa shape index (κ1) is 48.9. The molecule has 66 heavy (non-hydrogen) atoms. The fraction of sp³-hybridized carbons (Fsp3) is 0.254. The molecule has 3 nitrogen and oxygen atoms in total. The van der Waals surface area contributed by atoms with Gasteiger partial charge >= 0.3 is 0 Å². The Morgan fingerprint density at radius 2 is 1.08 bits per heavy atom. The molecule has 0 spiro atoms. The summed E-state index contributed by atoms with van der Waals surface area (Å²) in [7, 11) is 0. The van der Waals surface area contributed by atoms with E-state index in [1.165, 1.54) is 27.8 Å². The fourth-order valence-corrected chi connectivity index (χ4v) is 10.9. The molecule has 0 aliphatic rings. The van der Waals surface area contributed by atoms with Gasteiger partial charge in [0.25, 0.3) is 0 Å². The lowest BCUT2D eigenvalue weighted by Crippen LogP contribution is -2.16. The smallest absolute Gasteiger partial charge is 0.143 e. The van der Waals surface area contributed by atoms with Gasteiger partial charge in [-0.3, -0.25) is 0 Å². The number of aromatic hydroxyl groups is 1. The van der Waals surface area contributed by atoms with E-state index < -0.39 is 0 Å². The summed E-state index contributed by atoms with van der Waals surface area (Å²) in [6.07, 6.45) is 1.89. The van der Waals surface area contributed by atoms with Crippen molar-refractivity contribution in [3.8, 4) is 28.0 Å². The van der Waals surface area contributed by atoms with Crippen molar-refractivity contribution >= 4 is 89.7 Å². The maximum Gasteiger partial charge on any atom is 0.143 e. The van der Waals surface area contributed by atoms with E-state index >= 15 is 0 Å². The van der Waals surface area contributed by atoms with Gasteiger partial charge in [-0.1, -0.05) is 81.4 Å². The lowest BCUT2D eigenvalue weighted by Gasteiger charge is -2.33. The monoisotopic (exact) mass is 946 g/mol. The minimum atomic E-state index is -0.0429. The van der Waals surface area contributed by atoms with Crippen LogP contribution in [0.2, 0.25) is 5.02 Å². The number of halogens is 1.